The first kappa shape index (κ1) is 17.1. The Morgan fingerprint density at radius 2 is 1.71 bits per heavy atom. The molecule has 2 rings (SSSR count). The molecule has 0 atom stereocenters. The Balaban J connectivity index is 2.07. The number of oxime groups is 1. The lowest BCUT2D eigenvalue weighted by molar-refractivity contribution is -0.129. The summed E-state index contributed by atoms with van der Waals surface area (Å²) in [6, 6.07) is 12.0. The fourth-order valence-electron chi connectivity index (χ4n) is 1.94. The largest absolute Gasteiger partial charge is 0.497 e. The SMILES string of the molecule is COc1ccc(C=CC(=O)Oc2ccc(/C=N/O)cc2OC)cc1. The van der Waals surface area contributed by atoms with Gasteiger partial charge in [0.1, 0.15) is 5.75 Å². The number of carbonyl (C=O) groups excluding carboxylic acids is 1. The molecule has 1 N–H and O–H groups in total. The zero-order valence-corrected chi connectivity index (χ0v) is 13.3. The van der Waals surface area contributed by atoms with Crippen molar-refractivity contribution < 1.29 is 24.2 Å². The van der Waals surface area contributed by atoms with Crippen LogP contribution in [0.5, 0.6) is 17.2 Å². The topological polar surface area (TPSA) is 77.4 Å². The van der Waals surface area contributed by atoms with Crippen LogP contribution in [-0.2, 0) is 4.79 Å². The summed E-state index contributed by atoms with van der Waals surface area (Å²) >= 11 is 0. The van der Waals surface area contributed by atoms with Crippen LogP contribution in [0.15, 0.2) is 53.7 Å². The number of nitrogens with zero attached hydrogens (tertiary/aromatic N) is 1. The molecule has 0 saturated heterocycles. The van der Waals surface area contributed by atoms with Crippen molar-refractivity contribution in [2.75, 3.05) is 14.2 Å². The van der Waals surface area contributed by atoms with Crippen molar-refractivity contribution in [3.63, 3.8) is 0 Å². The van der Waals surface area contributed by atoms with Crippen LogP contribution >= 0.6 is 0 Å². The van der Waals surface area contributed by atoms with Crippen LogP contribution in [0.3, 0.4) is 0 Å². The van der Waals surface area contributed by atoms with E-state index in [-0.39, 0.29) is 5.75 Å². The highest BCUT2D eigenvalue weighted by atomic mass is 16.6. The van der Waals surface area contributed by atoms with Gasteiger partial charge in [-0.3, -0.25) is 0 Å². The minimum Gasteiger partial charge on any atom is -0.497 e. The molecule has 24 heavy (non-hydrogen) atoms. The maximum Gasteiger partial charge on any atom is 0.336 e. The van der Waals surface area contributed by atoms with Crippen LogP contribution < -0.4 is 14.2 Å². The van der Waals surface area contributed by atoms with Crippen molar-refractivity contribution >= 4 is 18.3 Å². The van der Waals surface area contributed by atoms with Gasteiger partial charge in [0, 0.05) is 11.6 Å². The zero-order chi connectivity index (χ0) is 17.4. The number of methoxy groups -OCH3 is 2. The van der Waals surface area contributed by atoms with E-state index in [0.29, 0.717) is 11.3 Å². The van der Waals surface area contributed by atoms with Crippen molar-refractivity contribution in [3.8, 4) is 17.2 Å². The minimum absolute atomic E-state index is 0.275. The third-order valence-electron chi connectivity index (χ3n) is 3.13. The van der Waals surface area contributed by atoms with E-state index in [0.717, 1.165) is 11.3 Å². The molecule has 124 valence electrons. The Labute approximate surface area is 139 Å². The maximum atomic E-state index is 11.9. The highest BCUT2D eigenvalue weighted by Gasteiger charge is 2.08. The van der Waals surface area contributed by atoms with E-state index in [1.54, 1.807) is 43.5 Å². The van der Waals surface area contributed by atoms with Crippen LogP contribution in [0.25, 0.3) is 6.08 Å². The first-order valence-electron chi connectivity index (χ1n) is 7.05. The minimum atomic E-state index is -0.535. The number of esters is 1. The molecule has 0 aliphatic rings. The van der Waals surface area contributed by atoms with E-state index in [2.05, 4.69) is 5.16 Å². The van der Waals surface area contributed by atoms with Gasteiger partial charge in [0.15, 0.2) is 11.5 Å². The lowest BCUT2D eigenvalue weighted by atomic mass is 10.2. The summed E-state index contributed by atoms with van der Waals surface area (Å²) in [7, 11) is 3.05. The molecule has 6 heteroatoms. The molecule has 0 radical (unpaired) electrons. The molecule has 2 aromatic rings. The van der Waals surface area contributed by atoms with Crippen LogP contribution in [0.2, 0.25) is 0 Å². The standard InChI is InChI=1S/C18H17NO5/c1-22-15-7-3-13(4-8-15)6-10-18(20)24-16-9-5-14(12-19-21)11-17(16)23-2/h3-12,21H,1-2H3/b10-6?,19-12+. The summed E-state index contributed by atoms with van der Waals surface area (Å²) in [5.41, 5.74) is 1.46. The number of ether oxygens (including phenoxy) is 3. The van der Waals surface area contributed by atoms with Gasteiger partial charge in [0.25, 0.3) is 0 Å². The van der Waals surface area contributed by atoms with Gasteiger partial charge in [-0.1, -0.05) is 17.3 Å². The molecule has 0 saturated carbocycles. The van der Waals surface area contributed by atoms with Crippen molar-refractivity contribution in [2.24, 2.45) is 5.16 Å². The Morgan fingerprint density at radius 1 is 1.00 bits per heavy atom. The number of hydrogen-bond acceptors (Lipinski definition) is 6. The van der Waals surface area contributed by atoms with E-state index in [1.165, 1.54) is 19.4 Å². The van der Waals surface area contributed by atoms with Crippen molar-refractivity contribution in [1.82, 2.24) is 0 Å². The number of hydrogen-bond donors (Lipinski definition) is 1. The molecule has 0 amide bonds. The van der Waals surface area contributed by atoms with E-state index in [9.17, 15) is 4.79 Å². The number of rotatable bonds is 6. The highest BCUT2D eigenvalue weighted by Crippen LogP contribution is 2.27. The molecule has 0 unspecified atom stereocenters. The Hall–Kier alpha value is -3.28. The second-order valence-corrected chi connectivity index (χ2v) is 4.68. The van der Waals surface area contributed by atoms with Gasteiger partial charge in [0.2, 0.25) is 0 Å². The lowest BCUT2D eigenvalue weighted by Crippen LogP contribution is -2.05. The van der Waals surface area contributed by atoms with Crippen LogP contribution in [0.4, 0.5) is 0 Å². The van der Waals surface area contributed by atoms with Crippen LogP contribution in [0.1, 0.15) is 11.1 Å². The summed E-state index contributed by atoms with van der Waals surface area (Å²) in [6.07, 6.45) is 4.21. The predicted molar refractivity (Wildman–Crippen MR) is 90.0 cm³/mol. The van der Waals surface area contributed by atoms with Gasteiger partial charge >= 0.3 is 5.97 Å². The second kappa shape index (κ2) is 8.38. The van der Waals surface area contributed by atoms with Gasteiger partial charge in [0.05, 0.1) is 20.4 Å². The predicted octanol–water partition coefficient (Wildman–Crippen LogP) is 3.13. The summed E-state index contributed by atoms with van der Waals surface area (Å²) < 4.78 is 15.5. The average molecular weight is 327 g/mol. The fourth-order valence-corrected chi connectivity index (χ4v) is 1.94. The molecule has 0 spiro atoms. The molecule has 6 nitrogen and oxygen atoms in total. The van der Waals surface area contributed by atoms with Gasteiger partial charge in [-0.05, 0) is 42.0 Å². The first-order valence-corrected chi connectivity index (χ1v) is 7.05. The average Bonchev–Trinajstić information content (AvgIpc) is 2.62. The summed E-state index contributed by atoms with van der Waals surface area (Å²) in [5.74, 6) is 0.842. The quantitative estimate of drug-likeness (QED) is 0.220. The Bertz CT molecular complexity index is 751. The molecule has 0 fully saturated rings. The summed E-state index contributed by atoms with van der Waals surface area (Å²) in [6.45, 7) is 0. The van der Waals surface area contributed by atoms with Crippen molar-refractivity contribution in [3.05, 3.63) is 59.7 Å². The molecular weight excluding hydrogens is 310 g/mol. The third-order valence-corrected chi connectivity index (χ3v) is 3.13. The molecule has 0 aliphatic carbocycles. The first-order chi connectivity index (χ1) is 11.7. The molecule has 0 aromatic heterocycles. The van der Waals surface area contributed by atoms with Crippen molar-refractivity contribution in [2.45, 2.75) is 0 Å². The molecule has 0 aliphatic heterocycles. The van der Waals surface area contributed by atoms with Gasteiger partial charge in [-0.2, -0.15) is 0 Å². The maximum absolute atomic E-state index is 11.9. The molecule has 0 bridgehead atoms. The molecule has 0 heterocycles. The molecular formula is C18H17NO5. The Kier molecular flexibility index (Phi) is 5.96. The molecule has 2 aromatic carbocycles. The smallest absolute Gasteiger partial charge is 0.336 e. The van der Waals surface area contributed by atoms with Gasteiger partial charge in [-0.15, -0.1) is 0 Å². The van der Waals surface area contributed by atoms with Crippen molar-refractivity contribution in [1.29, 1.82) is 0 Å². The lowest BCUT2D eigenvalue weighted by Gasteiger charge is -2.08. The monoisotopic (exact) mass is 327 g/mol. The van der Waals surface area contributed by atoms with Gasteiger partial charge in [-0.25, -0.2) is 4.79 Å². The van der Waals surface area contributed by atoms with Gasteiger partial charge < -0.3 is 19.4 Å². The number of benzene rings is 2. The summed E-state index contributed by atoms with van der Waals surface area (Å²) in [4.78, 5) is 11.9. The fraction of sp³-hybridized carbons (Fsp3) is 0.111. The van der Waals surface area contributed by atoms with E-state index >= 15 is 0 Å². The number of carbonyl (C=O) groups is 1. The summed E-state index contributed by atoms with van der Waals surface area (Å²) in [5, 5.41) is 11.5. The van der Waals surface area contributed by atoms with Crippen LogP contribution in [0, 0.1) is 0 Å². The normalized spacial score (nSPS) is 10.9. The highest BCUT2D eigenvalue weighted by molar-refractivity contribution is 5.89. The van der Waals surface area contributed by atoms with E-state index in [4.69, 9.17) is 19.4 Å². The third kappa shape index (κ3) is 4.61. The zero-order valence-electron chi connectivity index (χ0n) is 13.3. The van der Waals surface area contributed by atoms with Crippen LogP contribution in [-0.4, -0.2) is 31.6 Å². The van der Waals surface area contributed by atoms with E-state index in [1.807, 2.05) is 12.1 Å². The van der Waals surface area contributed by atoms with E-state index < -0.39 is 5.97 Å². The second-order valence-electron chi connectivity index (χ2n) is 4.68. The Morgan fingerprint density at radius 3 is 2.33 bits per heavy atom.